The summed E-state index contributed by atoms with van der Waals surface area (Å²) in [5, 5.41) is 2.35. The van der Waals surface area contributed by atoms with Gasteiger partial charge in [-0.05, 0) is 24.9 Å². The quantitative estimate of drug-likeness (QED) is 0.586. The molecule has 0 radical (unpaired) electrons. The topological polar surface area (TPSA) is 107 Å². The fraction of sp³-hybridized carbons (Fsp3) is 0.500. The molecule has 1 rings (SSSR count). The first-order valence-corrected chi connectivity index (χ1v) is 7.34. The van der Waals surface area contributed by atoms with Crippen LogP contribution in [0.3, 0.4) is 0 Å². The smallest absolute Gasteiger partial charge is 0.356 e. The monoisotopic (exact) mass is 343 g/mol. The maximum absolute atomic E-state index is 12.0. The van der Waals surface area contributed by atoms with Crippen molar-refractivity contribution < 1.29 is 23.9 Å². The maximum Gasteiger partial charge on any atom is 0.356 e. The molecule has 0 unspecified atom stereocenters. The molecule has 1 amide bonds. The van der Waals surface area contributed by atoms with Gasteiger partial charge in [0, 0.05) is 12.6 Å². The lowest BCUT2D eigenvalue weighted by Gasteiger charge is -2.11. The molecule has 23 heavy (non-hydrogen) atoms. The number of ether oxygens (including phenoxy) is 2. The van der Waals surface area contributed by atoms with E-state index >= 15 is 0 Å². The molecule has 0 bridgehead atoms. The maximum atomic E-state index is 12.0. The van der Waals surface area contributed by atoms with Crippen LogP contribution in [-0.4, -0.2) is 48.1 Å². The molecule has 0 fully saturated rings. The van der Waals surface area contributed by atoms with Crippen LogP contribution in [0.25, 0.3) is 0 Å². The Morgan fingerprint density at radius 2 is 1.96 bits per heavy atom. The summed E-state index contributed by atoms with van der Waals surface area (Å²) in [7, 11) is 1.19. The van der Waals surface area contributed by atoms with Crippen LogP contribution < -0.4 is 5.32 Å². The van der Waals surface area contributed by atoms with Gasteiger partial charge in [-0.3, -0.25) is 9.59 Å². The molecular weight excluding hydrogens is 326 g/mol. The molecule has 1 aromatic rings. The van der Waals surface area contributed by atoms with Gasteiger partial charge in [-0.1, -0.05) is 6.92 Å². The molecule has 0 aliphatic rings. The normalized spacial score (nSPS) is 11.5. The first kappa shape index (κ1) is 18.8. The van der Waals surface area contributed by atoms with Crippen molar-refractivity contribution in [3.63, 3.8) is 0 Å². The summed E-state index contributed by atoms with van der Waals surface area (Å²) in [6, 6.07) is 1.18. The summed E-state index contributed by atoms with van der Waals surface area (Å²) in [5.41, 5.74) is -0.174. The lowest BCUT2D eigenvalue weighted by Crippen LogP contribution is -2.28. The Morgan fingerprint density at radius 1 is 1.30 bits per heavy atom. The standard InChI is InChI=1S/C14H18ClN3O5/c1-4-23-12(20)8(2)5-6-16-11(19)9-7-10(13(21)22-3)18-14(15)17-9/h7-8H,4-6H2,1-3H3,(H,16,19)/t8-/m1/s1. The fourth-order valence-electron chi connectivity index (χ4n) is 1.64. The van der Waals surface area contributed by atoms with E-state index in [0.717, 1.165) is 0 Å². The number of amides is 1. The molecule has 0 spiro atoms. The highest BCUT2D eigenvalue weighted by molar-refractivity contribution is 6.28. The van der Waals surface area contributed by atoms with Crippen LogP contribution in [0.2, 0.25) is 5.28 Å². The van der Waals surface area contributed by atoms with Gasteiger partial charge in [0.2, 0.25) is 5.28 Å². The minimum atomic E-state index is -0.723. The lowest BCUT2D eigenvalue weighted by molar-refractivity contribution is -0.147. The molecule has 126 valence electrons. The number of carbonyl (C=O) groups is 3. The van der Waals surface area contributed by atoms with Gasteiger partial charge < -0.3 is 14.8 Å². The van der Waals surface area contributed by atoms with E-state index in [-0.39, 0.29) is 35.1 Å². The third-order valence-corrected chi connectivity index (χ3v) is 3.05. The summed E-state index contributed by atoms with van der Waals surface area (Å²) in [6.45, 7) is 3.99. The number of esters is 2. The van der Waals surface area contributed by atoms with Gasteiger partial charge in [-0.25, -0.2) is 14.8 Å². The SMILES string of the molecule is CCOC(=O)[C@H](C)CCNC(=O)c1cc(C(=O)OC)nc(Cl)n1. The summed E-state index contributed by atoms with van der Waals surface area (Å²) in [6.07, 6.45) is 0.410. The molecule has 0 saturated heterocycles. The zero-order valence-electron chi connectivity index (χ0n) is 13.1. The zero-order chi connectivity index (χ0) is 17.4. The molecule has 1 atom stereocenters. The molecule has 9 heteroatoms. The minimum absolute atomic E-state index is 0.0609. The Kier molecular flexibility index (Phi) is 7.40. The van der Waals surface area contributed by atoms with Crippen LogP contribution in [0.5, 0.6) is 0 Å². The average Bonchev–Trinajstić information content (AvgIpc) is 2.53. The van der Waals surface area contributed by atoms with Gasteiger partial charge in [-0.15, -0.1) is 0 Å². The number of aromatic nitrogens is 2. The summed E-state index contributed by atoms with van der Waals surface area (Å²) >= 11 is 5.68. The Hall–Kier alpha value is -2.22. The molecule has 0 aromatic carbocycles. The molecule has 0 aliphatic heterocycles. The number of methoxy groups -OCH3 is 1. The number of carbonyl (C=O) groups excluding carboxylic acids is 3. The van der Waals surface area contributed by atoms with E-state index in [4.69, 9.17) is 16.3 Å². The average molecular weight is 344 g/mol. The Morgan fingerprint density at radius 3 is 2.57 bits per heavy atom. The predicted molar refractivity (Wildman–Crippen MR) is 81.1 cm³/mol. The van der Waals surface area contributed by atoms with E-state index < -0.39 is 11.9 Å². The number of halogens is 1. The highest BCUT2D eigenvalue weighted by atomic mass is 35.5. The van der Waals surface area contributed by atoms with Crippen molar-refractivity contribution in [2.75, 3.05) is 20.3 Å². The lowest BCUT2D eigenvalue weighted by atomic mass is 10.1. The third-order valence-electron chi connectivity index (χ3n) is 2.88. The van der Waals surface area contributed by atoms with Crippen LogP contribution in [0.15, 0.2) is 6.07 Å². The van der Waals surface area contributed by atoms with Crippen molar-refractivity contribution in [2.24, 2.45) is 5.92 Å². The number of hydrogen-bond acceptors (Lipinski definition) is 7. The second-order valence-electron chi connectivity index (χ2n) is 4.60. The van der Waals surface area contributed by atoms with Crippen LogP contribution >= 0.6 is 11.6 Å². The largest absolute Gasteiger partial charge is 0.466 e. The number of hydrogen-bond donors (Lipinski definition) is 1. The first-order chi connectivity index (χ1) is 10.9. The number of nitrogens with zero attached hydrogens (tertiary/aromatic N) is 2. The molecule has 0 saturated carbocycles. The Balaban J connectivity index is 2.63. The number of nitrogens with one attached hydrogen (secondary N) is 1. The van der Waals surface area contributed by atoms with Crippen LogP contribution in [0.4, 0.5) is 0 Å². The minimum Gasteiger partial charge on any atom is -0.466 e. The van der Waals surface area contributed by atoms with Gasteiger partial charge >= 0.3 is 11.9 Å². The summed E-state index contributed by atoms with van der Waals surface area (Å²) in [4.78, 5) is 42.3. The predicted octanol–water partition coefficient (Wildman–Crippen LogP) is 1.24. The summed E-state index contributed by atoms with van der Waals surface area (Å²) < 4.78 is 9.39. The summed E-state index contributed by atoms with van der Waals surface area (Å²) in [5.74, 6) is -1.91. The van der Waals surface area contributed by atoms with E-state index in [1.165, 1.54) is 13.2 Å². The first-order valence-electron chi connectivity index (χ1n) is 6.96. The van der Waals surface area contributed by atoms with Gasteiger partial charge in [0.15, 0.2) is 5.69 Å². The van der Waals surface area contributed by atoms with E-state index in [1.807, 2.05) is 0 Å². The van der Waals surface area contributed by atoms with Gasteiger partial charge in [0.25, 0.3) is 5.91 Å². The Bertz CT molecular complexity index is 594. The molecule has 1 aromatic heterocycles. The van der Waals surface area contributed by atoms with Crippen molar-refractivity contribution in [3.05, 3.63) is 22.7 Å². The van der Waals surface area contributed by atoms with Crippen molar-refractivity contribution in [3.8, 4) is 0 Å². The van der Waals surface area contributed by atoms with E-state index in [9.17, 15) is 14.4 Å². The number of rotatable bonds is 7. The third kappa shape index (κ3) is 5.82. The van der Waals surface area contributed by atoms with Crippen LogP contribution in [0.1, 0.15) is 41.2 Å². The fourth-order valence-corrected chi connectivity index (χ4v) is 1.82. The van der Waals surface area contributed by atoms with E-state index in [2.05, 4.69) is 20.0 Å². The molecule has 8 nitrogen and oxygen atoms in total. The van der Waals surface area contributed by atoms with Gasteiger partial charge in [0.05, 0.1) is 19.6 Å². The molecule has 1 heterocycles. The van der Waals surface area contributed by atoms with Crippen LogP contribution in [0, 0.1) is 5.92 Å². The highest BCUT2D eigenvalue weighted by Crippen LogP contribution is 2.08. The van der Waals surface area contributed by atoms with E-state index in [0.29, 0.717) is 13.0 Å². The molecule has 0 aliphatic carbocycles. The second-order valence-corrected chi connectivity index (χ2v) is 4.93. The van der Waals surface area contributed by atoms with Crippen molar-refractivity contribution in [1.29, 1.82) is 0 Å². The van der Waals surface area contributed by atoms with Crippen molar-refractivity contribution in [1.82, 2.24) is 15.3 Å². The highest BCUT2D eigenvalue weighted by Gasteiger charge is 2.17. The Labute approximate surface area is 138 Å². The zero-order valence-corrected chi connectivity index (χ0v) is 13.8. The van der Waals surface area contributed by atoms with Crippen molar-refractivity contribution >= 4 is 29.4 Å². The molecular formula is C14H18ClN3O5. The van der Waals surface area contributed by atoms with Crippen molar-refractivity contribution in [2.45, 2.75) is 20.3 Å². The van der Waals surface area contributed by atoms with Gasteiger partial charge in [-0.2, -0.15) is 0 Å². The molecule has 1 N–H and O–H groups in total. The van der Waals surface area contributed by atoms with E-state index in [1.54, 1.807) is 13.8 Å². The van der Waals surface area contributed by atoms with Gasteiger partial charge in [0.1, 0.15) is 5.69 Å². The van der Waals surface area contributed by atoms with Crippen LogP contribution in [-0.2, 0) is 14.3 Å². The second kappa shape index (κ2) is 9.04.